The van der Waals surface area contributed by atoms with Crippen LogP contribution in [0.5, 0.6) is 0 Å². The summed E-state index contributed by atoms with van der Waals surface area (Å²) in [6.45, 7) is 4.03. The first-order chi connectivity index (χ1) is 28.4. The van der Waals surface area contributed by atoms with Gasteiger partial charge in [-0.25, -0.2) is 4.57 Å². The number of hydrogen-bond donors (Lipinski definition) is 2. The molecule has 0 rings (SSSR count). The molecule has 0 aliphatic carbocycles. The van der Waals surface area contributed by atoms with Crippen molar-refractivity contribution in [1.29, 1.82) is 0 Å². The van der Waals surface area contributed by atoms with Gasteiger partial charge in [0.05, 0.1) is 33.9 Å². The molecule has 0 spiro atoms. The molecule has 0 aromatic heterocycles. The normalized spacial score (nSPS) is 15.0. The summed E-state index contributed by atoms with van der Waals surface area (Å²) in [6.07, 6.45) is 47.8. The number of carbonyl (C=O) groups is 2. The lowest BCUT2D eigenvalue weighted by molar-refractivity contribution is -0.870. The van der Waals surface area contributed by atoms with Gasteiger partial charge < -0.3 is 24.0 Å². The Bertz CT molecular complexity index is 1340. The van der Waals surface area contributed by atoms with Gasteiger partial charge in [0.1, 0.15) is 19.8 Å². The molecule has 0 heterocycles. The number of esters is 2. The van der Waals surface area contributed by atoms with E-state index in [0.29, 0.717) is 30.3 Å². The lowest BCUT2D eigenvalue weighted by Gasteiger charge is -2.24. The smallest absolute Gasteiger partial charge is 0.462 e. The van der Waals surface area contributed by atoms with E-state index in [1.165, 1.54) is 25.7 Å². The van der Waals surface area contributed by atoms with E-state index in [0.717, 1.165) is 64.2 Å². The molecule has 0 aromatic carbocycles. The average molecular weight is 847 g/mol. The molecule has 2 N–H and O–H groups in total. The zero-order valence-electron chi connectivity index (χ0n) is 37.3. The van der Waals surface area contributed by atoms with E-state index in [1.807, 2.05) is 45.4 Å². The van der Waals surface area contributed by atoms with Crippen molar-refractivity contribution in [2.45, 2.75) is 148 Å². The SMILES string of the molecule is CC/C=C/C/C=C/C=C/C(O)CCCCCCCC(=O)OC[C@H](COP(=O)(O)OCC[N+](C)(C)C)OC(=O)CC/C=C\C/C=C\C/C=C\C/C=C\C/C=C\CCCCC. The molecule has 2 unspecified atom stereocenters. The van der Waals surface area contributed by atoms with Crippen molar-refractivity contribution < 1.29 is 47.2 Å². The van der Waals surface area contributed by atoms with Crippen LogP contribution in [0.4, 0.5) is 0 Å². The predicted molar refractivity (Wildman–Crippen MR) is 244 cm³/mol. The summed E-state index contributed by atoms with van der Waals surface area (Å²) in [5.74, 6) is -0.983. The molecule has 0 saturated heterocycles. The molecule has 59 heavy (non-hydrogen) atoms. The Morgan fingerprint density at radius 1 is 0.627 bits per heavy atom. The van der Waals surface area contributed by atoms with Crippen LogP contribution in [0, 0.1) is 0 Å². The van der Waals surface area contributed by atoms with Gasteiger partial charge in [0, 0.05) is 12.8 Å². The van der Waals surface area contributed by atoms with Gasteiger partial charge in [0.2, 0.25) is 0 Å². The summed E-state index contributed by atoms with van der Waals surface area (Å²) in [5.41, 5.74) is 0. The topological polar surface area (TPSA) is 129 Å². The Morgan fingerprint density at radius 3 is 1.83 bits per heavy atom. The lowest BCUT2D eigenvalue weighted by atomic mass is 10.1. The Balaban J connectivity index is 4.59. The molecule has 10 nitrogen and oxygen atoms in total. The van der Waals surface area contributed by atoms with Crippen molar-refractivity contribution in [2.24, 2.45) is 0 Å². The van der Waals surface area contributed by atoms with Crippen LogP contribution in [0.3, 0.4) is 0 Å². The highest BCUT2D eigenvalue weighted by Crippen LogP contribution is 2.43. The number of phosphoric ester groups is 1. The summed E-state index contributed by atoms with van der Waals surface area (Å²) in [4.78, 5) is 35.3. The highest BCUT2D eigenvalue weighted by Gasteiger charge is 2.27. The molecule has 0 aromatic rings. The molecule has 0 fully saturated rings. The minimum absolute atomic E-state index is 0.00321. The number of carbonyl (C=O) groups excluding carboxylic acids is 2. The lowest BCUT2D eigenvalue weighted by Crippen LogP contribution is -2.37. The van der Waals surface area contributed by atoms with Crippen molar-refractivity contribution >= 4 is 19.8 Å². The zero-order chi connectivity index (χ0) is 43.7. The summed E-state index contributed by atoms with van der Waals surface area (Å²) in [7, 11) is 1.36. The fourth-order valence-electron chi connectivity index (χ4n) is 5.24. The van der Waals surface area contributed by atoms with Gasteiger partial charge in [-0.3, -0.25) is 18.6 Å². The van der Waals surface area contributed by atoms with Crippen LogP contribution in [-0.2, 0) is 32.7 Å². The van der Waals surface area contributed by atoms with Crippen molar-refractivity contribution in [3.63, 3.8) is 0 Å². The van der Waals surface area contributed by atoms with Crippen molar-refractivity contribution in [3.05, 3.63) is 97.2 Å². The number of rotatable bonds is 38. The molecule has 11 heteroatoms. The van der Waals surface area contributed by atoms with Crippen LogP contribution in [0.1, 0.15) is 136 Å². The number of aliphatic hydroxyl groups is 1. The highest BCUT2D eigenvalue weighted by atomic mass is 31.2. The number of likely N-dealkylation sites (N-methyl/N-ethyl adjacent to an activating group) is 1. The molecule has 336 valence electrons. The molecule has 0 aliphatic rings. The van der Waals surface area contributed by atoms with Gasteiger partial charge in [-0.1, -0.05) is 150 Å². The number of hydrogen-bond acceptors (Lipinski definition) is 8. The molecule has 0 amide bonds. The third kappa shape index (κ3) is 42.8. The van der Waals surface area contributed by atoms with Crippen LogP contribution < -0.4 is 0 Å². The first kappa shape index (κ1) is 55.9. The van der Waals surface area contributed by atoms with E-state index in [-0.39, 0.29) is 26.1 Å². The summed E-state index contributed by atoms with van der Waals surface area (Å²) < 4.78 is 34.1. The molecular weight excluding hydrogens is 765 g/mol. The van der Waals surface area contributed by atoms with Crippen LogP contribution in [-0.4, -0.2) is 86.1 Å². The van der Waals surface area contributed by atoms with E-state index >= 15 is 0 Å². The number of unbranched alkanes of at least 4 members (excludes halogenated alkanes) is 7. The summed E-state index contributed by atoms with van der Waals surface area (Å²) in [5, 5.41) is 10.1. The maximum Gasteiger partial charge on any atom is 0.472 e. The Kier molecular flexibility index (Phi) is 37.0. The second-order valence-corrected chi connectivity index (χ2v) is 17.0. The van der Waals surface area contributed by atoms with E-state index in [1.54, 1.807) is 6.08 Å². The average Bonchev–Trinajstić information content (AvgIpc) is 3.18. The number of quaternary nitrogens is 1. The monoisotopic (exact) mass is 847 g/mol. The maximum absolute atomic E-state index is 12.7. The van der Waals surface area contributed by atoms with E-state index in [4.69, 9.17) is 18.5 Å². The molecule has 0 saturated carbocycles. The van der Waals surface area contributed by atoms with Gasteiger partial charge in [-0.2, -0.15) is 0 Å². The number of ether oxygens (including phenoxy) is 2. The Morgan fingerprint density at radius 2 is 1.20 bits per heavy atom. The molecule has 0 aliphatic heterocycles. The molecule has 0 bridgehead atoms. The third-order valence-corrected chi connectivity index (χ3v) is 9.70. The second kappa shape index (κ2) is 39.1. The standard InChI is InChI=1S/C48H80NO9P/c1-6-8-10-12-14-15-16-17-18-19-20-21-22-23-24-25-27-31-36-40-48(52)58-46(44-57-59(53,54)56-42-41-49(3,4)5)43-55-47(51)39-35-32-28-30-34-38-45(50)37-33-29-26-13-11-9-7-2/h9,11,14-15,17-18,20-21,23-24,26-27,29,31,33,37,45-46,50H,6-8,10,12-13,16,19,22,25,28,30,32,34-36,38-44H2,1-5H3/p+1/b11-9+,15-14-,18-17-,21-20-,24-23-,29-26+,31-27-,37-33+/t45?,46-/m1/s1. The number of nitrogens with zero attached hydrogens (tertiary/aromatic N) is 1. The minimum atomic E-state index is -4.42. The first-order valence-corrected chi connectivity index (χ1v) is 23.6. The van der Waals surface area contributed by atoms with Gasteiger partial charge in [-0.15, -0.1) is 0 Å². The number of aliphatic hydroxyl groups excluding tert-OH is 1. The molecule has 0 radical (unpaired) electrons. The maximum atomic E-state index is 12.7. The van der Waals surface area contributed by atoms with Crippen LogP contribution >= 0.6 is 7.82 Å². The van der Waals surface area contributed by atoms with Crippen molar-refractivity contribution in [1.82, 2.24) is 0 Å². The van der Waals surface area contributed by atoms with Crippen molar-refractivity contribution in [2.75, 3.05) is 47.5 Å². The number of phosphoric acid groups is 1. The summed E-state index contributed by atoms with van der Waals surface area (Å²) >= 11 is 0. The highest BCUT2D eigenvalue weighted by molar-refractivity contribution is 7.47. The van der Waals surface area contributed by atoms with Crippen LogP contribution in [0.2, 0.25) is 0 Å². The fourth-order valence-corrected chi connectivity index (χ4v) is 5.98. The van der Waals surface area contributed by atoms with Crippen LogP contribution in [0.15, 0.2) is 97.2 Å². The fraction of sp³-hybridized carbons (Fsp3) is 0.625. The van der Waals surface area contributed by atoms with Gasteiger partial charge in [0.25, 0.3) is 0 Å². The summed E-state index contributed by atoms with van der Waals surface area (Å²) in [6, 6.07) is 0. The predicted octanol–water partition coefficient (Wildman–Crippen LogP) is 11.5. The van der Waals surface area contributed by atoms with E-state index in [9.17, 15) is 24.2 Å². The van der Waals surface area contributed by atoms with Gasteiger partial charge in [0.15, 0.2) is 6.10 Å². The van der Waals surface area contributed by atoms with E-state index in [2.05, 4.69) is 80.7 Å². The minimum Gasteiger partial charge on any atom is -0.462 e. The van der Waals surface area contributed by atoms with Crippen molar-refractivity contribution in [3.8, 4) is 0 Å². The van der Waals surface area contributed by atoms with Crippen LogP contribution in [0.25, 0.3) is 0 Å². The van der Waals surface area contributed by atoms with E-state index < -0.39 is 38.6 Å². The largest absolute Gasteiger partial charge is 0.472 e. The quantitative estimate of drug-likeness (QED) is 0.0156. The van der Waals surface area contributed by atoms with Gasteiger partial charge >= 0.3 is 19.8 Å². The van der Waals surface area contributed by atoms with Gasteiger partial charge in [-0.05, 0) is 70.6 Å². The Hall–Kier alpha value is -3.11. The first-order valence-electron chi connectivity index (χ1n) is 22.1. The molecule has 3 atom stereocenters. The Labute approximate surface area is 358 Å². The molecular formula is C48H81NO9P+. The number of allylic oxidation sites excluding steroid dienone is 15. The zero-order valence-corrected chi connectivity index (χ0v) is 38.2. The third-order valence-electron chi connectivity index (χ3n) is 8.72. The second-order valence-electron chi connectivity index (χ2n) is 15.5.